The molecule has 0 saturated carbocycles. The van der Waals surface area contributed by atoms with Crippen molar-refractivity contribution >= 4 is 21.6 Å². The third kappa shape index (κ3) is 5.49. The van der Waals surface area contributed by atoms with Crippen molar-refractivity contribution in [3.8, 4) is 0 Å². The largest absolute Gasteiger partial charge is 0.376 e. The highest BCUT2D eigenvalue weighted by Crippen LogP contribution is 2.22. The lowest BCUT2D eigenvalue weighted by Gasteiger charge is -2.24. The lowest BCUT2D eigenvalue weighted by atomic mass is 10.2. The number of sulfonamides is 1. The lowest BCUT2D eigenvalue weighted by molar-refractivity contribution is -0.121. The van der Waals surface area contributed by atoms with E-state index in [-0.39, 0.29) is 18.6 Å². The third-order valence-corrected chi connectivity index (χ3v) is 5.28. The molecule has 1 aliphatic heterocycles. The monoisotopic (exact) mass is 354 g/mol. The van der Waals surface area contributed by atoms with Gasteiger partial charge in [-0.2, -0.15) is 0 Å². The molecular formula is C17H26N2O4S. The molecule has 0 radical (unpaired) electrons. The van der Waals surface area contributed by atoms with E-state index < -0.39 is 10.0 Å². The number of ether oxygens (including phenoxy) is 1. The number of aryl methyl sites for hydroxylation is 1. The van der Waals surface area contributed by atoms with Gasteiger partial charge in [0.05, 0.1) is 18.0 Å². The standard InChI is InChI=1S/C17H26N2O4S/c1-14-7-3-4-9-16(14)19(24(2,21)22)11-5-10-17(20)18-13-15-8-6-12-23-15/h3-4,7,9,15H,5-6,8,10-13H2,1-2H3,(H,18,20). The van der Waals surface area contributed by atoms with E-state index in [1.807, 2.05) is 25.1 Å². The summed E-state index contributed by atoms with van der Waals surface area (Å²) in [4.78, 5) is 11.9. The number of nitrogens with one attached hydrogen (secondary N) is 1. The molecule has 1 aliphatic rings. The molecule has 1 saturated heterocycles. The van der Waals surface area contributed by atoms with Gasteiger partial charge in [-0.15, -0.1) is 0 Å². The molecule has 6 nitrogen and oxygen atoms in total. The first-order valence-corrected chi connectivity index (χ1v) is 10.1. The maximum atomic E-state index is 12.1. The number of nitrogens with zero attached hydrogens (tertiary/aromatic N) is 1. The van der Waals surface area contributed by atoms with Gasteiger partial charge in [0, 0.05) is 26.1 Å². The van der Waals surface area contributed by atoms with E-state index in [0.717, 1.165) is 25.0 Å². The second kappa shape index (κ2) is 8.48. The van der Waals surface area contributed by atoms with Crippen molar-refractivity contribution in [2.45, 2.75) is 38.7 Å². The Bertz CT molecular complexity index is 654. The molecule has 1 heterocycles. The predicted molar refractivity (Wildman–Crippen MR) is 94.6 cm³/mol. The topological polar surface area (TPSA) is 75.7 Å². The zero-order valence-electron chi connectivity index (χ0n) is 14.3. The molecule has 1 aromatic carbocycles. The van der Waals surface area contributed by atoms with Gasteiger partial charge in [0.15, 0.2) is 0 Å². The molecule has 2 rings (SSSR count). The summed E-state index contributed by atoms with van der Waals surface area (Å²) in [6.07, 6.45) is 4.10. The Hall–Kier alpha value is -1.60. The Kier molecular flexibility index (Phi) is 6.62. The number of hydrogen-bond donors (Lipinski definition) is 1. The summed E-state index contributed by atoms with van der Waals surface area (Å²) < 4.78 is 31.0. The van der Waals surface area contributed by atoms with Gasteiger partial charge >= 0.3 is 0 Å². The van der Waals surface area contributed by atoms with Gasteiger partial charge in [-0.05, 0) is 37.8 Å². The van der Waals surface area contributed by atoms with E-state index in [0.29, 0.717) is 25.1 Å². The van der Waals surface area contributed by atoms with Crippen molar-refractivity contribution in [3.05, 3.63) is 29.8 Å². The minimum absolute atomic E-state index is 0.0660. The quantitative estimate of drug-likeness (QED) is 0.773. The van der Waals surface area contributed by atoms with Gasteiger partial charge < -0.3 is 10.1 Å². The predicted octanol–water partition coefficient (Wildman–Crippen LogP) is 1.84. The highest BCUT2D eigenvalue weighted by molar-refractivity contribution is 7.92. The lowest BCUT2D eigenvalue weighted by Crippen LogP contribution is -2.34. The van der Waals surface area contributed by atoms with Crippen LogP contribution in [-0.2, 0) is 19.6 Å². The molecule has 0 aromatic heterocycles. The number of carbonyl (C=O) groups excluding carboxylic acids is 1. The molecule has 1 N–H and O–H groups in total. The summed E-state index contributed by atoms with van der Waals surface area (Å²) in [6.45, 7) is 3.46. The Labute approximate surface area is 144 Å². The van der Waals surface area contributed by atoms with E-state index in [1.54, 1.807) is 6.07 Å². The first kappa shape index (κ1) is 18.7. The van der Waals surface area contributed by atoms with Gasteiger partial charge in [0.25, 0.3) is 0 Å². The Morgan fingerprint density at radius 1 is 1.38 bits per heavy atom. The summed E-state index contributed by atoms with van der Waals surface area (Å²) in [5, 5.41) is 2.86. The second-order valence-electron chi connectivity index (χ2n) is 6.16. The van der Waals surface area contributed by atoms with E-state index in [1.165, 1.54) is 10.6 Å². The zero-order valence-corrected chi connectivity index (χ0v) is 15.1. The summed E-state index contributed by atoms with van der Waals surface area (Å²) in [7, 11) is -3.38. The molecule has 134 valence electrons. The summed E-state index contributed by atoms with van der Waals surface area (Å²) >= 11 is 0. The first-order chi connectivity index (χ1) is 11.4. The van der Waals surface area contributed by atoms with E-state index in [4.69, 9.17) is 4.74 Å². The van der Waals surface area contributed by atoms with Crippen molar-refractivity contribution in [2.24, 2.45) is 0 Å². The average Bonchev–Trinajstić information content (AvgIpc) is 3.03. The molecular weight excluding hydrogens is 328 g/mol. The SMILES string of the molecule is Cc1ccccc1N(CCCC(=O)NCC1CCCO1)S(C)(=O)=O. The third-order valence-electron chi connectivity index (χ3n) is 4.10. The molecule has 7 heteroatoms. The minimum atomic E-state index is -3.38. The normalized spacial score (nSPS) is 17.7. The Morgan fingerprint density at radius 2 is 2.12 bits per heavy atom. The van der Waals surface area contributed by atoms with Gasteiger partial charge in [0.1, 0.15) is 0 Å². The van der Waals surface area contributed by atoms with Crippen molar-refractivity contribution in [1.29, 1.82) is 0 Å². The first-order valence-electron chi connectivity index (χ1n) is 8.29. The Morgan fingerprint density at radius 3 is 2.75 bits per heavy atom. The van der Waals surface area contributed by atoms with Crippen LogP contribution in [0.1, 0.15) is 31.2 Å². The van der Waals surface area contributed by atoms with Crippen LogP contribution >= 0.6 is 0 Å². The van der Waals surface area contributed by atoms with Crippen molar-refractivity contribution in [3.63, 3.8) is 0 Å². The van der Waals surface area contributed by atoms with Crippen molar-refractivity contribution in [2.75, 3.05) is 30.3 Å². The maximum Gasteiger partial charge on any atom is 0.232 e. The molecule has 1 unspecified atom stereocenters. The maximum absolute atomic E-state index is 12.1. The average molecular weight is 354 g/mol. The number of carbonyl (C=O) groups is 1. The van der Waals surface area contributed by atoms with Crippen LogP contribution in [0.5, 0.6) is 0 Å². The van der Waals surface area contributed by atoms with Crippen LogP contribution in [-0.4, -0.2) is 46.4 Å². The van der Waals surface area contributed by atoms with Gasteiger partial charge in [-0.25, -0.2) is 8.42 Å². The number of benzene rings is 1. The van der Waals surface area contributed by atoms with Gasteiger partial charge in [0.2, 0.25) is 15.9 Å². The second-order valence-corrected chi connectivity index (χ2v) is 8.07. The van der Waals surface area contributed by atoms with Gasteiger partial charge in [-0.3, -0.25) is 9.10 Å². The number of amides is 1. The summed E-state index contributed by atoms with van der Waals surface area (Å²) in [5.74, 6) is -0.0660. The Balaban J connectivity index is 1.85. The van der Waals surface area contributed by atoms with Crippen LogP contribution in [0.4, 0.5) is 5.69 Å². The van der Waals surface area contributed by atoms with E-state index >= 15 is 0 Å². The summed E-state index contributed by atoms with van der Waals surface area (Å²) in [6, 6.07) is 7.35. The molecule has 1 fully saturated rings. The molecule has 1 amide bonds. The van der Waals surface area contributed by atoms with Crippen LogP contribution in [0.2, 0.25) is 0 Å². The van der Waals surface area contributed by atoms with Crippen LogP contribution in [0, 0.1) is 6.92 Å². The van der Waals surface area contributed by atoms with Crippen molar-refractivity contribution < 1.29 is 17.9 Å². The highest BCUT2D eigenvalue weighted by Gasteiger charge is 2.19. The number of anilines is 1. The minimum Gasteiger partial charge on any atom is -0.376 e. The van der Waals surface area contributed by atoms with Gasteiger partial charge in [-0.1, -0.05) is 18.2 Å². The van der Waals surface area contributed by atoms with Crippen LogP contribution in [0.25, 0.3) is 0 Å². The number of hydrogen-bond acceptors (Lipinski definition) is 4. The van der Waals surface area contributed by atoms with Crippen molar-refractivity contribution in [1.82, 2.24) is 5.32 Å². The molecule has 1 atom stereocenters. The fourth-order valence-corrected chi connectivity index (χ4v) is 3.84. The number of para-hydroxylation sites is 1. The molecule has 24 heavy (non-hydrogen) atoms. The van der Waals surface area contributed by atoms with E-state index in [2.05, 4.69) is 5.32 Å². The summed E-state index contributed by atoms with van der Waals surface area (Å²) in [5.41, 5.74) is 1.56. The smallest absolute Gasteiger partial charge is 0.232 e. The highest BCUT2D eigenvalue weighted by atomic mass is 32.2. The van der Waals surface area contributed by atoms with Crippen LogP contribution in [0.3, 0.4) is 0 Å². The molecule has 0 bridgehead atoms. The fourth-order valence-electron chi connectivity index (χ4n) is 2.81. The molecule has 0 aliphatic carbocycles. The fraction of sp³-hybridized carbons (Fsp3) is 0.588. The van der Waals surface area contributed by atoms with Crippen LogP contribution in [0.15, 0.2) is 24.3 Å². The number of rotatable bonds is 8. The zero-order chi connectivity index (χ0) is 17.6. The van der Waals surface area contributed by atoms with E-state index in [9.17, 15) is 13.2 Å². The molecule has 0 spiro atoms. The molecule has 1 aromatic rings. The van der Waals surface area contributed by atoms with Crippen LogP contribution < -0.4 is 9.62 Å².